The summed E-state index contributed by atoms with van der Waals surface area (Å²) < 4.78 is 7.83. The number of halogens is 2. The molecule has 2 N–H and O–H groups in total. The zero-order valence-corrected chi connectivity index (χ0v) is 20.8. The number of anilines is 1. The Morgan fingerprint density at radius 3 is 2.53 bits per heavy atom. The van der Waals surface area contributed by atoms with Gasteiger partial charge in [0.2, 0.25) is 11.8 Å². The second kappa shape index (κ2) is 12.4. The molecule has 2 amide bonds. The summed E-state index contributed by atoms with van der Waals surface area (Å²) in [6.07, 6.45) is 1.63. The van der Waals surface area contributed by atoms with E-state index in [0.29, 0.717) is 12.4 Å². The molecule has 0 aliphatic rings. The van der Waals surface area contributed by atoms with Crippen molar-refractivity contribution in [3.63, 3.8) is 0 Å². The second-order valence-electron chi connectivity index (χ2n) is 6.78. The summed E-state index contributed by atoms with van der Waals surface area (Å²) in [4.78, 5) is 24.1. The molecule has 0 atom stereocenters. The molecular weight excluding hydrogens is 585 g/mol. The summed E-state index contributed by atoms with van der Waals surface area (Å²) in [5.74, 6) is 0.0913. The van der Waals surface area contributed by atoms with Crippen LogP contribution in [0.2, 0.25) is 0 Å². The van der Waals surface area contributed by atoms with Crippen molar-refractivity contribution in [2.75, 3.05) is 5.32 Å². The monoisotopic (exact) mass is 605 g/mol. The number of rotatable bonds is 9. The second-order valence-corrected chi connectivity index (χ2v) is 8.86. The molecule has 0 saturated heterocycles. The Morgan fingerprint density at radius 2 is 1.72 bits per heavy atom. The summed E-state index contributed by atoms with van der Waals surface area (Å²) in [7, 11) is 0. The van der Waals surface area contributed by atoms with E-state index in [9.17, 15) is 9.59 Å². The van der Waals surface area contributed by atoms with Crippen LogP contribution in [0, 0.1) is 3.57 Å². The van der Waals surface area contributed by atoms with E-state index in [0.717, 1.165) is 24.9 Å². The lowest BCUT2D eigenvalue weighted by molar-refractivity contribution is -0.124. The average molecular weight is 606 g/mol. The Morgan fingerprint density at radius 1 is 0.969 bits per heavy atom. The van der Waals surface area contributed by atoms with Crippen LogP contribution in [0.25, 0.3) is 0 Å². The summed E-state index contributed by atoms with van der Waals surface area (Å²) in [6, 6.07) is 22.8. The fraction of sp³-hybridized carbons (Fsp3) is 0.125. The number of amides is 2. The molecule has 3 rings (SSSR count). The molecule has 0 aromatic heterocycles. The van der Waals surface area contributed by atoms with Crippen molar-refractivity contribution in [1.82, 2.24) is 5.43 Å². The minimum absolute atomic E-state index is 0.0353. The molecule has 3 aromatic carbocycles. The molecule has 0 aliphatic heterocycles. The number of hydrogen-bond donors (Lipinski definition) is 2. The smallest absolute Gasteiger partial charge is 0.240 e. The number of carbonyl (C=O) groups is 2. The van der Waals surface area contributed by atoms with Crippen LogP contribution >= 0.6 is 38.5 Å². The lowest BCUT2D eigenvalue weighted by Gasteiger charge is -2.09. The van der Waals surface area contributed by atoms with Crippen LogP contribution in [0.4, 0.5) is 5.69 Å². The molecule has 0 saturated carbocycles. The zero-order valence-electron chi connectivity index (χ0n) is 17.1. The van der Waals surface area contributed by atoms with E-state index in [1.807, 2.05) is 72.8 Å². The van der Waals surface area contributed by atoms with Gasteiger partial charge in [0.05, 0.1) is 11.9 Å². The highest BCUT2D eigenvalue weighted by molar-refractivity contribution is 14.1. The number of para-hydroxylation sites is 2. The minimum atomic E-state index is -0.341. The first kappa shape index (κ1) is 23.9. The highest BCUT2D eigenvalue weighted by Gasteiger charge is 2.08. The van der Waals surface area contributed by atoms with Gasteiger partial charge in [0.15, 0.2) is 0 Å². The molecule has 0 unspecified atom stereocenters. The molecule has 3 aromatic rings. The minimum Gasteiger partial charge on any atom is -0.488 e. The molecular formula is C24H21BrIN3O3. The lowest BCUT2D eigenvalue weighted by Crippen LogP contribution is -2.21. The van der Waals surface area contributed by atoms with E-state index in [2.05, 4.69) is 54.4 Å². The highest BCUT2D eigenvalue weighted by atomic mass is 127. The third-order valence-corrected chi connectivity index (χ3v) is 5.76. The number of ether oxygens (including phenoxy) is 1. The maximum atomic E-state index is 12.1. The Balaban J connectivity index is 1.47. The van der Waals surface area contributed by atoms with Crippen LogP contribution in [-0.2, 0) is 16.2 Å². The molecule has 164 valence electrons. The van der Waals surface area contributed by atoms with Crippen LogP contribution in [0.3, 0.4) is 0 Å². The largest absolute Gasteiger partial charge is 0.488 e. The Kier molecular flexibility index (Phi) is 9.24. The van der Waals surface area contributed by atoms with Crippen molar-refractivity contribution in [2.45, 2.75) is 19.4 Å². The maximum Gasteiger partial charge on any atom is 0.240 e. The predicted octanol–water partition coefficient (Wildman–Crippen LogP) is 5.50. The van der Waals surface area contributed by atoms with Crippen molar-refractivity contribution >= 4 is 62.2 Å². The molecule has 32 heavy (non-hydrogen) atoms. The summed E-state index contributed by atoms with van der Waals surface area (Å²) >= 11 is 5.60. The summed E-state index contributed by atoms with van der Waals surface area (Å²) in [5, 5.41) is 6.80. The van der Waals surface area contributed by atoms with Crippen LogP contribution in [0.5, 0.6) is 5.75 Å². The summed E-state index contributed by atoms with van der Waals surface area (Å²) in [6.45, 7) is 0.409. The van der Waals surface area contributed by atoms with Gasteiger partial charge in [-0.15, -0.1) is 0 Å². The predicted molar refractivity (Wildman–Crippen MR) is 138 cm³/mol. The Bertz CT molecular complexity index is 1120. The Labute approximate surface area is 208 Å². The van der Waals surface area contributed by atoms with E-state index in [4.69, 9.17) is 4.74 Å². The molecule has 0 aliphatic carbocycles. The van der Waals surface area contributed by atoms with Gasteiger partial charge < -0.3 is 10.1 Å². The fourth-order valence-electron chi connectivity index (χ4n) is 2.74. The number of carbonyl (C=O) groups excluding carboxylic acids is 2. The molecule has 0 radical (unpaired) electrons. The van der Waals surface area contributed by atoms with Crippen molar-refractivity contribution in [3.8, 4) is 5.75 Å². The van der Waals surface area contributed by atoms with Gasteiger partial charge in [-0.2, -0.15) is 5.10 Å². The van der Waals surface area contributed by atoms with Crippen LogP contribution < -0.4 is 15.5 Å². The molecule has 6 nitrogen and oxygen atoms in total. The van der Waals surface area contributed by atoms with E-state index >= 15 is 0 Å². The maximum absolute atomic E-state index is 12.1. The van der Waals surface area contributed by atoms with Gasteiger partial charge in [0, 0.05) is 26.4 Å². The quantitative estimate of drug-likeness (QED) is 0.192. The first-order valence-electron chi connectivity index (χ1n) is 9.84. The molecule has 0 bridgehead atoms. The zero-order chi connectivity index (χ0) is 22.8. The van der Waals surface area contributed by atoms with Crippen LogP contribution in [-0.4, -0.2) is 18.0 Å². The van der Waals surface area contributed by atoms with Crippen molar-refractivity contribution in [3.05, 3.63) is 92.0 Å². The third-order valence-electron chi connectivity index (χ3n) is 4.32. The highest BCUT2D eigenvalue weighted by Crippen LogP contribution is 2.19. The first-order valence-corrected chi connectivity index (χ1v) is 11.7. The normalized spacial score (nSPS) is 10.7. The van der Waals surface area contributed by atoms with Gasteiger partial charge in [-0.25, -0.2) is 5.43 Å². The van der Waals surface area contributed by atoms with Gasteiger partial charge >= 0.3 is 0 Å². The topological polar surface area (TPSA) is 79.8 Å². The van der Waals surface area contributed by atoms with Gasteiger partial charge in [-0.3, -0.25) is 9.59 Å². The third kappa shape index (κ3) is 7.76. The summed E-state index contributed by atoms with van der Waals surface area (Å²) in [5.41, 5.74) is 4.96. The number of nitrogens with one attached hydrogen (secondary N) is 2. The van der Waals surface area contributed by atoms with Gasteiger partial charge in [-0.05, 0) is 64.6 Å². The van der Waals surface area contributed by atoms with Gasteiger partial charge in [0.1, 0.15) is 12.4 Å². The number of benzene rings is 3. The molecule has 8 heteroatoms. The van der Waals surface area contributed by atoms with E-state index in [1.165, 1.54) is 6.21 Å². The number of hydrogen-bond acceptors (Lipinski definition) is 4. The van der Waals surface area contributed by atoms with Gasteiger partial charge in [0.25, 0.3) is 0 Å². The SMILES string of the molecule is O=C(CCC(=O)Nc1ccccc1I)N/N=C\c1ccccc1OCc1cccc(Br)c1. The van der Waals surface area contributed by atoms with Crippen LogP contribution in [0.1, 0.15) is 24.0 Å². The first-order chi connectivity index (χ1) is 15.5. The standard InChI is InChI=1S/C24H21BrIN3O3/c25-19-8-5-6-17(14-19)16-32-22-11-4-1-7-18(22)15-27-29-24(31)13-12-23(30)28-21-10-3-2-9-20(21)26/h1-11,14-15H,12-13,16H2,(H,28,30)(H,29,31)/b27-15-. The van der Waals surface area contributed by atoms with E-state index < -0.39 is 0 Å². The van der Waals surface area contributed by atoms with Crippen molar-refractivity contribution in [1.29, 1.82) is 0 Å². The molecule has 0 fully saturated rings. The molecule has 0 heterocycles. The lowest BCUT2D eigenvalue weighted by atomic mass is 10.2. The van der Waals surface area contributed by atoms with Crippen molar-refractivity contribution in [2.24, 2.45) is 5.10 Å². The molecule has 0 spiro atoms. The van der Waals surface area contributed by atoms with E-state index in [-0.39, 0.29) is 24.7 Å². The van der Waals surface area contributed by atoms with E-state index in [1.54, 1.807) is 0 Å². The van der Waals surface area contributed by atoms with Crippen LogP contribution in [0.15, 0.2) is 82.4 Å². The van der Waals surface area contributed by atoms with Gasteiger partial charge in [-0.1, -0.05) is 52.3 Å². The number of hydrazone groups is 1. The fourth-order valence-corrected chi connectivity index (χ4v) is 3.71. The number of nitrogens with zero attached hydrogens (tertiary/aromatic N) is 1. The Hall–Kier alpha value is -2.72. The van der Waals surface area contributed by atoms with Crippen molar-refractivity contribution < 1.29 is 14.3 Å². The average Bonchev–Trinajstić information content (AvgIpc) is 2.79.